The molecule has 0 radical (unpaired) electrons. The summed E-state index contributed by atoms with van der Waals surface area (Å²) in [7, 11) is 3.37. The molecule has 172 valence electrons. The number of aryl methyl sites for hydroxylation is 1. The Bertz CT molecular complexity index is 1310. The topological polar surface area (TPSA) is 79.4 Å². The van der Waals surface area contributed by atoms with E-state index in [2.05, 4.69) is 10.1 Å². The summed E-state index contributed by atoms with van der Waals surface area (Å²) in [5.74, 6) is 0.983. The number of halogens is 1. The summed E-state index contributed by atoms with van der Waals surface area (Å²) in [6.07, 6.45) is 2.63. The van der Waals surface area contributed by atoms with Gasteiger partial charge in [0.2, 0.25) is 5.82 Å². The van der Waals surface area contributed by atoms with E-state index < -0.39 is 0 Å². The second-order valence-corrected chi connectivity index (χ2v) is 8.74. The van der Waals surface area contributed by atoms with Crippen molar-refractivity contribution in [2.24, 2.45) is 13.0 Å². The van der Waals surface area contributed by atoms with E-state index in [1.165, 1.54) is 7.11 Å². The van der Waals surface area contributed by atoms with E-state index in [9.17, 15) is 4.79 Å². The highest BCUT2D eigenvalue weighted by molar-refractivity contribution is 6.32. The lowest BCUT2D eigenvalue weighted by Crippen LogP contribution is -2.14. The minimum Gasteiger partial charge on any atom is -0.489 e. The molecule has 0 saturated carbocycles. The molecule has 2 aromatic carbocycles. The van der Waals surface area contributed by atoms with Gasteiger partial charge in [-0.2, -0.15) is 4.98 Å². The van der Waals surface area contributed by atoms with Crippen LogP contribution in [-0.2, 0) is 23.0 Å². The van der Waals surface area contributed by atoms with Gasteiger partial charge in [-0.15, -0.1) is 0 Å². The van der Waals surface area contributed by atoms with E-state index in [0.717, 1.165) is 22.0 Å². The number of fused-ring (bicyclic) bond motifs is 1. The Hall–Kier alpha value is -3.32. The van der Waals surface area contributed by atoms with Crippen LogP contribution in [0.4, 0.5) is 0 Å². The molecule has 7 nitrogen and oxygen atoms in total. The second kappa shape index (κ2) is 9.27. The third kappa shape index (κ3) is 4.59. The molecular weight excluding hydrogens is 442 g/mol. The SMILES string of the molecule is COC(=O)[C@H](C)Cc1cn(C)c2c(-c3noc(-c4ccc(OC(C)C)c(Cl)c4)n3)cccc12. The van der Waals surface area contributed by atoms with Gasteiger partial charge in [0.25, 0.3) is 5.89 Å². The van der Waals surface area contributed by atoms with E-state index in [0.29, 0.717) is 34.5 Å². The van der Waals surface area contributed by atoms with Crippen LogP contribution in [0.3, 0.4) is 0 Å². The lowest BCUT2D eigenvalue weighted by molar-refractivity contribution is -0.144. The molecule has 33 heavy (non-hydrogen) atoms. The van der Waals surface area contributed by atoms with Crippen molar-refractivity contribution >= 4 is 28.5 Å². The van der Waals surface area contributed by atoms with Gasteiger partial charge in [-0.1, -0.05) is 35.8 Å². The molecule has 0 amide bonds. The number of carbonyl (C=O) groups excluding carboxylic acids is 1. The van der Waals surface area contributed by atoms with Crippen LogP contribution in [0.5, 0.6) is 5.75 Å². The number of hydrogen-bond acceptors (Lipinski definition) is 6. The molecule has 8 heteroatoms. The smallest absolute Gasteiger partial charge is 0.308 e. The van der Waals surface area contributed by atoms with Crippen LogP contribution in [0.2, 0.25) is 5.02 Å². The molecule has 0 aliphatic heterocycles. The third-order valence-corrected chi connectivity index (χ3v) is 5.72. The van der Waals surface area contributed by atoms with Crippen molar-refractivity contribution in [3.63, 3.8) is 0 Å². The van der Waals surface area contributed by atoms with Crippen molar-refractivity contribution in [2.75, 3.05) is 7.11 Å². The van der Waals surface area contributed by atoms with Crippen LogP contribution in [0.15, 0.2) is 47.1 Å². The molecular formula is C25H26ClN3O4. The zero-order chi connectivity index (χ0) is 23.7. The van der Waals surface area contributed by atoms with Gasteiger partial charge in [0.05, 0.1) is 29.7 Å². The summed E-state index contributed by atoms with van der Waals surface area (Å²) >= 11 is 6.37. The first kappa shape index (κ1) is 22.9. The number of nitrogens with zero attached hydrogens (tertiary/aromatic N) is 3. The molecule has 0 N–H and O–H groups in total. The number of aromatic nitrogens is 3. The monoisotopic (exact) mass is 467 g/mol. The molecule has 0 saturated heterocycles. The molecule has 0 bridgehead atoms. The number of para-hydroxylation sites is 1. The van der Waals surface area contributed by atoms with Gasteiger partial charge in [-0.05, 0) is 50.1 Å². The Kier molecular flexibility index (Phi) is 6.42. The van der Waals surface area contributed by atoms with Crippen LogP contribution in [-0.4, -0.2) is 33.9 Å². The fraction of sp³-hybridized carbons (Fsp3) is 0.320. The van der Waals surface area contributed by atoms with E-state index in [4.69, 9.17) is 25.6 Å². The average molecular weight is 468 g/mol. The van der Waals surface area contributed by atoms with Gasteiger partial charge in [0.15, 0.2) is 0 Å². The number of benzene rings is 2. The standard InChI is InChI=1S/C25H26ClN3O4/c1-14(2)32-21-10-9-16(12-20(21)26)24-27-23(28-33-24)19-8-6-7-18-17(13-29(4)22(18)19)11-15(3)25(30)31-5/h6-10,12-15H,11H2,1-5H3/t15-/m1/s1. The molecule has 4 rings (SSSR count). The van der Waals surface area contributed by atoms with E-state index >= 15 is 0 Å². The highest BCUT2D eigenvalue weighted by atomic mass is 35.5. The average Bonchev–Trinajstić information content (AvgIpc) is 3.40. The first-order valence-electron chi connectivity index (χ1n) is 10.7. The van der Waals surface area contributed by atoms with Gasteiger partial charge < -0.3 is 18.6 Å². The van der Waals surface area contributed by atoms with E-state index in [1.54, 1.807) is 12.1 Å². The summed E-state index contributed by atoms with van der Waals surface area (Å²) in [6, 6.07) is 11.3. The zero-order valence-electron chi connectivity index (χ0n) is 19.3. The van der Waals surface area contributed by atoms with Gasteiger partial charge in [-0.3, -0.25) is 4.79 Å². The summed E-state index contributed by atoms with van der Waals surface area (Å²) in [4.78, 5) is 16.5. The maximum atomic E-state index is 11.9. The largest absolute Gasteiger partial charge is 0.489 e. The lowest BCUT2D eigenvalue weighted by atomic mass is 9.99. The van der Waals surface area contributed by atoms with E-state index in [1.807, 2.05) is 62.8 Å². The van der Waals surface area contributed by atoms with Crippen LogP contribution in [0, 0.1) is 5.92 Å². The van der Waals surface area contributed by atoms with Crippen LogP contribution in [0.25, 0.3) is 33.7 Å². The molecule has 0 aliphatic carbocycles. The lowest BCUT2D eigenvalue weighted by Gasteiger charge is -2.11. The fourth-order valence-corrected chi connectivity index (χ4v) is 4.17. The molecule has 0 fully saturated rings. The Morgan fingerprint density at radius 2 is 2.00 bits per heavy atom. The number of esters is 1. The molecule has 2 aromatic heterocycles. The maximum absolute atomic E-state index is 11.9. The van der Waals surface area contributed by atoms with Crippen molar-refractivity contribution in [2.45, 2.75) is 33.3 Å². The van der Waals surface area contributed by atoms with Crippen molar-refractivity contribution in [1.82, 2.24) is 14.7 Å². The highest BCUT2D eigenvalue weighted by Crippen LogP contribution is 2.34. The number of methoxy groups -OCH3 is 1. The second-order valence-electron chi connectivity index (χ2n) is 8.33. The van der Waals surface area contributed by atoms with Crippen molar-refractivity contribution < 1.29 is 18.8 Å². The summed E-state index contributed by atoms with van der Waals surface area (Å²) in [5.41, 5.74) is 3.58. The van der Waals surface area contributed by atoms with Crippen molar-refractivity contribution in [1.29, 1.82) is 0 Å². The predicted molar refractivity (Wildman–Crippen MR) is 127 cm³/mol. The highest BCUT2D eigenvalue weighted by Gasteiger charge is 2.20. The first-order chi connectivity index (χ1) is 15.8. The summed E-state index contributed by atoms with van der Waals surface area (Å²) < 4.78 is 18.2. The predicted octanol–water partition coefficient (Wildman–Crippen LogP) is 5.69. The molecule has 0 aliphatic rings. The first-order valence-corrected chi connectivity index (χ1v) is 11.1. The Balaban J connectivity index is 1.69. The fourth-order valence-electron chi connectivity index (χ4n) is 3.94. The molecule has 4 aromatic rings. The van der Waals surface area contributed by atoms with Gasteiger partial charge in [0.1, 0.15) is 5.75 Å². The van der Waals surface area contributed by atoms with Crippen molar-refractivity contribution in [3.8, 4) is 28.6 Å². The number of rotatable bonds is 7. The summed E-state index contributed by atoms with van der Waals surface area (Å²) in [6.45, 7) is 5.75. The quantitative estimate of drug-likeness (QED) is 0.325. The minimum absolute atomic E-state index is 0.0228. The molecule has 1 atom stereocenters. The van der Waals surface area contributed by atoms with Gasteiger partial charge >= 0.3 is 5.97 Å². The van der Waals surface area contributed by atoms with Gasteiger partial charge in [-0.25, -0.2) is 0 Å². The molecule has 0 spiro atoms. The number of hydrogen-bond donors (Lipinski definition) is 0. The number of ether oxygens (including phenoxy) is 2. The Morgan fingerprint density at radius 3 is 2.70 bits per heavy atom. The van der Waals surface area contributed by atoms with Crippen LogP contribution < -0.4 is 4.74 Å². The van der Waals surface area contributed by atoms with Gasteiger partial charge in [0, 0.05) is 29.8 Å². The Labute approximate surface area is 197 Å². The maximum Gasteiger partial charge on any atom is 0.308 e. The van der Waals surface area contributed by atoms with E-state index in [-0.39, 0.29) is 18.0 Å². The summed E-state index contributed by atoms with van der Waals surface area (Å²) in [5, 5.41) is 5.74. The minimum atomic E-state index is -0.242. The zero-order valence-corrected chi connectivity index (χ0v) is 20.0. The molecule has 2 heterocycles. The van der Waals surface area contributed by atoms with Crippen LogP contribution >= 0.6 is 11.6 Å². The normalized spacial score (nSPS) is 12.3. The third-order valence-electron chi connectivity index (χ3n) is 5.42. The molecule has 0 unspecified atom stereocenters. The van der Waals surface area contributed by atoms with Crippen molar-refractivity contribution in [3.05, 3.63) is 53.2 Å². The Morgan fingerprint density at radius 1 is 1.21 bits per heavy atom. The number of carbonyl (C=O) groups is 1. The van der Waals surface area contributed by atoms with Crippen LogP contribution in [0.1, 0.15) is 26.3 Å².